The fourth-order valence-electron chi connectivity index (χ4n) is 2.68. The number of methoxy groups -OCH3 is 1. The fraction of sp³-hybridized carbons (Fsp3) is 0.538. The largest absolute Gasteiger partial charge is 0.468 e. The predicted octanol–water partition coefficient (Wildman–Crippen LogP) is 6.17. The van der Waals surface area contributed by atoms with E-state index in [1.54, 1.807) is 7.11 Å². The van der Waals surface area contributed by atoms with Crippen LogP contribution in [0.2, 0.25) is 0 Å². The summed E-state index contributed by atoms with van der Waals surface area (Å²) in [6.07, 6.45) is 14.0. The van der Waals surface area contributed by atoms with Crippen LogP contribution in [0.1, 0.15) is 69.9 Å². The van der Waals surface area contributed by atoms with Crippen molar-refractivity contribution in [1.82, 2.24) is 0 Å². The number of hydrogen-bond donors (Lipinski definition) is 0. The van der Waals surface area contributed by atoms with Crippen molar-refractivity contribution in [3.05, 3.63) is 58.7 Å². The minimum Gasteiger partial charge on any atom is -0.468 e. The highest BCUT2D eigenvalue weighted by atomic mass is 16.5. The Kier molecular flexibility index (Phi) is 18.6. The molecule has 30 heavy (non-hydrogen) atoms. The van der Waals surface area contributed by atoms with Crippen molar-refractivity contribution < 1.29 is 19.1 Å². The van der Waals surface area contributed by atoms with Gasteiger partial charge in [0.1, 0.15) is 6.29 Å². The van der Waals surface area contributed by atoms with E-state index < -0.39 is 0 Å². The molecule has 1 aliphatic rings. The number of aldehydes is 1. The van der Waals surface area contributed by atoms with Crippen LogP contribution in [0.25, 0.3) is 0 Å². The number of carbonyl (C=O) groups is 2. The van der Waals surface area contributed by atoms with E-state index in [2.05, 4.69) is 42.9 Å². The number of hydrogen-bond acceptors (Lipinski definition) is 4. The van der Waals surface area contributed by atoms with Crippen molar-refractivity contribution in [2.75, 3.05) is 20.3 Å². The summed E-state index contributed by atoms with van der Waals surface area (Å²) in [4.78, 5) is 19.5. The van der Waals surface area contributed by atoms with E-state index in [-0.39, 0.29) is 0 Å². The van der Waals surface area contributed by atoms with Crippen molar-refractivity contribution in [1.29, 1.82) is 0 Å². The van der Waals surface area contributed by atoms with Gasteiger partial charge in [-0.3, -0.25) is 4.79 Å². The first kappa shape index (κ1) is 27.8. The third-order valence-electron chi connectivity index (χ3n) is 4.69. The predicted molar refractivity (Wildman–Crippen MR) is 125 cm³/mol. The van der Waals surface area contributed by atoms with E-state index in [1.807, 2.05) is 19.1 Å². The Hall–Kier alpha value is -2.20. The van der Waals surface area contributed by atoms with Crippen molar-refractivity contribution in [3.8, 4) is 0 Å². The van der Waals surface area contributed by atoms with Gasteiger partial charge in [0.25, 0.3) is 6.47 Å². The molecule has 0 radical (unpaired) electrons. The third-order valence-corrected chi connectivity index (χ3v) is 4.69. The summed E-state index contributed by atoms with van der Waals surface area (Å²) < 4.78 is 9.60. The molecule has 0 saturated carbocycles. The molecule has 0 aromatic heterocycles. The lowest BCUT2D eigenvalue weighted by Crippen LogP contribution is -1.96. The SMILES string of the molecule is CCCCCC=O.COCCC1=CC=C(C)CC1.Cc1ccc(CCOC=O)cc1. The highest BCUT2D eigenvalue weighted by Crippen LogP contribution is 2.19. The van der Waals surface area contributed by atoms with Crippen LogP contribution < -0.4 is 0 Å². The zero-order valence-corrected chi connectivity index (χ0v) is 19.3. The van der Waals surface area contributed by atoms with Crippen LogP contribution in [0.15, 0.2) is 47.6 Å². The molecule has 4 nitrogen and oxygen atoms in total. The standard InChI is InChI=1S/C10H12O2.C10H16O.C6H12O/c1-9-2-4-10(5-3-9)6-7-12-8-11;1-9-3-5-10(6-4-9)7-8-11-2;1-2-3-4-5-6-7/h2-5,8H,6-7H2,1H3;3,5H,4,6-8H2,1-2H3;6H,2-5H2,1H3. The first-order chi connectivity index (χ1) is 14.6. The molecular weight excluding hydrogens is 376 g/mol. The molecule has 0 unspecified atom stereocenters. The molecule has 0 atom stereocenters. The van der Waals surface area contributed by atoms with Gasteiger partial charge in [-0.05, 0) is 45.1 Å². The summed E-state index contributed by atoms with van der Waals surface area (Å²) in [6.45, 7) is 8.17. The van der Waals surface area contributed by atoms with Crippen LogP contribution in [-0.2, 0) is 25.5 Å². The zero-order valence-electron chi connectivity index (χ0n) is 19.3. The fourth-order valence-corrected chi connectivity index (χ4v) is 2.68. The lowest BCUT2D eigenvalue weighted by Gasteiger charge is -2.10. The molecule has 1 aromatic rings. The first-order valence-corrected chi connectivity index (χ1v) is 11.0. The average Bonchev–Trinajstić information content (AvgIpc) is 2.76. The molecule has 0 bridgehead atoms. The molecule has 1 aliphatic carbocycles. The van der Waals surface area contributed by atoms with E-state index in [0.29, 0.717) is 13.1 Å². The summed E-state index contributed by atoms with van der Waals surface area (Å²) in [5.41, 5.74) is 5.46. The van der Waals surface area contributed by atoms with Gasteiger partial charge in [-0.25, -0.2) is 0 Å². The molecule has 1 aromatic carbocycles. The van der Waals surface area contributed by atoms with Crippen molar-refractivity contribution in [2.24, 2.45) is 0 Å². The summed E-state index contributed by atoms with van der Waals surface area (Å²) in [7, 11) is 1.75. The molecule has 168 valence electrons. The summed E-state index contributed by atoms with van der Waals surface area (Å²) in [5, 5.41) is 0. The summed E-state index contributed by atoms with van der Waals surface area (Å²) in [6, 6.07) is 8.19. The third kappa shape index (κ3) is 16.7. The maximum atomic E-state index is 9.83. The van der Waals surface area contributed by atoms with Gasteiger partial charge in [-0.1, -0.05) is 72.9 Å². The Bertz CT molecular complexity index is 614. The smallest absolute Gasteiger partial charge is 0.293 e. The van der Waals surface area contributed by atoms with Gasteiger partial charge in [0.2, 0.25) is 0 Å². The summed E-state index contributed by atoms with van der Waals surface area (Å²) in [5.74, 6) is 0. The lowest BCUT2D eigenvalue weighted by molar-refractivity contribution is -0.128. The quantitative estimate of drug-likeness (QED) is 0.320. The number of ether oxygens (including phenoxy) is 2. The Morgan fingerprint density at radius 1 is 0.933 bits per heavy atom. The Morgan fingerprint density at radius 2 is 1.67 bits per heavy atom. The van der Waals surface area contributed by atoms with E-state index in [1.165, 1.54) is 48.0 Å². The Balaban J connectivity index is 0.000000437. The van der Waals surface area contributed by atoms with Gasteiger partial charge < -0.3 is 14.3 Å². The minimum absolute atomic E-state index is 0.465. The van der Waals surface area contributed by atoms with Crippen molar-refractivity contribution in [3.63, 3.8) is 0 Å². The molecule has 0 fully saturated rings. The number of benzene rings is 1. The van der Waals surface area contributed by atoms with Gasteiger partial charge in [0, 0.05) is 26.6 Å². The number of carbonyl (C=O) groups excluding carboxylic acids is 2. The van der Waals surface area contributed by atoms with Gasteiger partial charge in [0.15, 0.2) is 0 Å². The van der Waals surface area contributed by atoms with Gasteiger partial charge in [-0.2, -0.15) is 0 Å². The Labute approximate surface area is 183 Å². The second-order valence-electron chi connectivity index (χ2n) is 7.45. The van der Waals surface area contributed by atoms with E-state index in [0.717, 1.165) is 38.6 Å². The highest BCUT2D eigenvalue weighted by molar-refractivity contribution is 5.48. The van der Waals surface area contributed by atoms with Crippen LogP contribution in [0, 0.1) is 6.92 Å². The number of aryl methyl sites for hydroxylation is 1. The van der Waals surface area contributed by atoms with E-state index in [9.17, 15) is 9.59 Å². The molecule has 0 spiro atoms. The molecule has 0 N–H and O–H groups in total. The molecule has 4 heteroatoms. The van der Waals surface area contributed by atoms with Crippen LogP contribution in [0.4, 0.5) is 0 Å². The normalized spacial score (nSPS) is 12.3. The molecular formula is C26H40O4. The number of rotatable bonds is 11. The maximum Gasteiger partial charge on any atom is 0.293 e. The van der Waals surface area contributed by atoms with Crippen LogP contribution in [0.3, 0.4) is 0 Å². The van der Waals surface area contributed by atoms with Crippen LogP contribution in [-0.4, -0.2) is 33.1 Å². The van der Waals surface area contributed by atoms with Gasteiger partial charge in [-0.15, -0.1) is 0 Å². The van der Waals surface area contributed by atoms with Gasteiger partial charge in [0.05, 0.1) is 6.61 Å². The summed E-state index contributed by atoms with van der Waals surface area (Å²) >= 11 is 0. The minimum atomic E-state index is 0.465. The lowest BCUT2D eigenvalue weighted by atomic mass is 9.98. The van der Waals surface area contributed by atoms with Crippen LogP contribution >= 0.6 is 0 Å². The first-order valence-electron chi connectivity index (χ1n) is 11.0. The van der Waals surface area contributed by atoms with Gasteiger partial charge >= 0.3 is 0 Å². The molecule has 0 saturated heterocycles. The topological polar surface area (TPSA) is 52.6 Å². The monoisotopic (exact) mass is 416 g/mol. The molecule has 0 heterocycles. The average molecular weight is 417 g/mol. The second-order valence-corrected chi connectivity index (χ2v) is 7.45. The van der Waals surface area contributed by atoms with E-state index >= 15 is 0 Å². The number of unbranched alkanes of at least 4 members (excludes halogenated alkanes) is 3. The Morgan fingerprint density at radius 3 is 2.20 bits per heavy atom. The van der Waals surface area contributed by atoms with Crippen molar-refractivity contribution in [2.45, 2.75) is 72.1 Å². The molecule has 0 amide bonds. The van der Waals surface area contributed by atoms with Crippen LogP contribution in [0.5, 0.6) is 0 Å². The molecule has 0 aliphatic heterocycles. The second kappa shape index (κ2) is 20.1. The maximum absolute atomic E-state index is 9.83. The molecule has 2 rings (SSSR count). The zero-order chi connectivity index (χ0) is 22.5. The highest BCUT2D eigenvalue weighted by Gasteiger charge is 2.01. The van der Waals surface area contributed by atoms with E-state index in [4.69, 9.17) is 4.74 Å². The van der Waals surface area contributed by atoms with Crippen molar-refractivity contribution >= 4 is 12.8 Å². The number of allylic oxidation sites excluding steroid dienone is 3.